The molecule has 0 aliphatic carbocycles. The van der Waals surface area contributed by atoms with Gasteiger partial charge in [0.05, 0.1) is 0 Å². The lowest BCUT2D eigenvalue weighted by Crippen LogP contribution is -2.01. The fraction of sp³-hybridized carbons (Fsp3) is 0.143. The Hall–Kier alpha value is -0.470. The van der Waals surface area contributed by atoms with Gasteiger partial charge in [0.1, 0.15) is 0 Å². The molecule has 0 fully saturated rings. The van der Waals surface area contributed by atoms with Gasteiger partial charge in [-0.05, 0) is 0 Å². The monoisotopic (exact) mass is 249 g/mol. The highest BCUT2D eigenvalue weighted by molar-refractivity contribution is 8.93. The van der Waals surface area contributed by atoms with Gasteiger partial charge in [0.15, 0.2) is 0 Å². The Kier molecular flexibility index (Phi) is 5.02. The minimum atomic E-state index is -0.684. The number of halogens is 1. The van der Waals surface area contributed by atoms with Crippen molar-refractivity contribution in [2.45, 2.75) is 5.78 Å². The van der Waals surface area contributed by atoms with Gasteiger partial charge in [0.2, 0.25) is 5.78 Å². The van der Waals surface area contributed by atoms with E-state index in [1.165, 1.54) is 0 Å². The van der Waals surface area contributed by atoms with Crippen molar-refractivity contribution in [1.29, 1.82) is 0 Å². The van der Waals surface area contributed by atoms with E-state index in [9.17, 15) is 10.1 Å². The zero-order valence-corrected chi connectivity index (χ0v) is 9.08. The van der Waals surface area contributed by atoms with E-state index < -0.39 is 5.78 Å². The van der Waals surface area contributed by atoms with Gasteiger partial charge in [-0.1, -0.05) is 39.6 Å². The van der Waals surface area contributed by atoms with Gasteiger partial charge in [0.25, 0.3) is 0 Å². The highest BCUT2D eigenvalue weighted by atomic mass is 79.9. The van der Waals surface area contributed by atoms with E-state index in [0.717, 1.165) is 0 Å². The number of nitro groups is 1. The number of hydrogen-bond donors (Lipinski definition) is 0. The summed E-state index contributed by atoms with van der Waals surface area (Å²) in [6.07, 6.45) is 0. The largest absolute Gasteiger partial charge is 0.264 e. The molecule has 0 radical (unpaired) electrons. The zero-order chi connectivity index (χ0) is 8.27. The highest BCUT2D eigenvalue weighted by Gasteiger charge is 2.13. The van der Waals surface area contributed by atoms with Crippen molar-refractivity contribution in [2.75, 3.05) is 0 Å². The Morgan fingerprint density at radius 2 is 1.83 bits per heavy atom. The Labute approximate surface area is 83.3 Å². The summed E-state index contributed by atoms with van der Waals surface area (Å²) in [5.74, 6) is -0.684. The van der Waals surface area contributed by atoms with Crippen molar-refractivity contribution < 1.29 is 4.92 Å². The molecule has 2 unspecified atom stereocenters. The van der Waals surface area contributed by atoms with Gasteiger partial charge in [-0.15, -0.1) is 17.0 Å². The van der Waals surface area contributed by atoms with Gasteiger partial charge in [0, 0.05) is 10.5 Å². The first-order valence-electron chi connectivity index (χ1n) is 3.16. The minimum absolute atomic E-state index is 0. The summed E-state index contributed by atoms with van der Waals surface area (Å²) in [4.78, 5) is 9.95. The van der Waals surface area contributed by atoms with Crippen LogP contribution in [0.15, 0.2) is 30.3 Å². The first-order valence-corrected chi connectivity index (χ1v) is 3.82. The van der Waals surface area contributed by atoms with E-state index in [2.05, 4.69) is 9.24 Å². The summed E-state index contributed by atoms with van der Waals surface area (Å²) < 4.78 is 0. The molecule has 0 heterocycles. The second-order valence-corrected chi connectivity index (χ2v) is 2.77. The molecular weight excluding hydrogens is 241 g/mol. The molecule has 0 amide bonds. The van der Waals surface area contributed by atoms with Crippen LogP contribution >= 0.6 is 26.2 Å². The normalized spacial score (nSPS) is 11.4. The minimum Gasteiger partial charge on any atom is -0.264 e. The molecule has 0 aromatic heterocycles. The van der Waals surface area contributed by atoms with Crippen molar-refractivity contribution in [2.24, 2.45) is 0 Å². The predicted molar refractivity (Wildman–Crippen MR) is 56.2 cm³/mol. The highest BCUT2D eigenvalue weighted by Crippen LogP contribution is 2.22. The molecule has 0 saturated carbocycles. The van der Waals surface area contributed by atoms with Crippen molar-refractivity contribution in [3.63, 3.8) is 0 Å². The number of hydrogen-bond acceptors (Lipinski definition) is 2. The fourth-order valence-corrected chi connectivity index (χ4v) is 0.994. The molecule has 12 heavy (non-hydrogen) atoms. The van der Waals surface area contributed by atoms with Crippen LogP contribution in [-0.4, -0.2) is 4.92 Å². The molecule has 5 heteroatoms. The van der Waals surface area contributed by atoms with Crippen LogP contribution in [-0.2, 0) is 0 Å². The van der Waals surface area contributed by atoms with Gasteiger partial charge in [-0.25, -0.2) is 0 Å². The predicted octanol–water partition coefficient (Wildman–Crippen LogP) is 2.41. The molecule has 0 aliphatic heterocycles. The third-order valence-corrected chi connectivity index (χ3v) is 2.00. The number of benzene rings is 1. The molecule has 1 rings (SSSR count). The van der Waals surface area contributed by atoms with Crippen molar-refractivity contribution >= 4 is 26.2 Å². The van der Waals surface area contributed by atoms with Crippen LogP contribution in [0.3, 0.4) is 0 Å². The Balaban J connectivity index is 0.00000121. The van der Waals surface area contributed by atoms with Crippen LogP contribution in [0.5, 0.6) is 0 Å². The van der Waals surface area contributed by atoms with E-state index in [4.69, 9.17) is 0 Å². The molecule has 3 nitrogen and oxygen atoms in total. The van der Waals surface area contributed by atoms with Crippen LogP contribution in [0, 0.1) is 10.1 Å². The lowest BCUT2D eigenvalue weighted by molar-refractivity contribution is -0.501. The molecular formula is C7H9BrNO2P. The Morgan fingerprint density at radius 1 is 1.33 bits per heavy atom. The average Bonchev–Trinajstić information content (AvgIpc) is 2.05. The van der Waals surface area contributed by atoms with Gasteiger partial charge in [-0.2, -0.15) is 0 Å². The topological polar surface area (TPSA) is 43.1 Å². The van der Waals surface area contributed by atoms with Crippen molar-refractivity contribution in [3.05, 3.63) is 46.0 Å². The van der Waals surface area contributed by atoms with Crippen LogP contribution in [0.4, 0.5) is 0 Å². The van der Waals surface area contributed by atoms with Crippen LogP contribution in [0.1, 0.15) is 11.3 Å². The van der Waals surface area contributed by atoms with Crippen LogP contribution in [0.25, 0.3) is 0 Å². The van der Waals surface area contributed by atoms with E-state index in [-0.39, 0.29) is 21.9 Å². The Bertz CT molecular complexity index is 255. The van der Waals surface area contributed by atoms with E-state index in [0.29, 0.717) is 5.56 Å². The fourth-order valence-electron chi connectivity index (χ4n) is 0.772. The molecule has 0 saturated heterocycles. The third-order valence-electron chi connectivity index (χ3n) is 1.37. The lowest BCUT2D eigenvalue weighted by atomic mass is 10.2. The van der Waals surface area contributed by atoms with Crippen molar-refractivity contribution in [1.82, 2.24) is 0 Å². The maximum Gasteiger partial charge on any atom is 0.248 e. The van der Waals surface area contributed by atoms with E-state index in [1.807, 2.05) is 6.07 Å². The molecule has 1 aromatic carbocycles. The molecule has 0 bridgehead atoms. The molecule has 0 aliphatic rings. The third kappa shape index (κ3) is 2.88. The second-order valence-electron chi connectivity index (χ2n) is 2.14. The summed E-state index contributed by atoms with van der Waals surface area (Å²) in [5.41, 5.74) is 0.711. The molecule has 66 valence electrons. The van der Waals surface area contributed by atoms with Gasteiger partial charge in [-0.3, -0.25) is 10.1 Å². The van der Waals surface area contributed by atoms with Gasteiger partial charge >= 0.3 is 0 Å². The van der Waals surface area contributed by atoms with E-state index >= 15 is 0 Å². The second kappa shape index (κ2) is 5.22. The van der Waals surface area contributed by atoms with Crippen LogP contribution in [0.2, 0.25) is 0 Å². The average molecular weight is 250 g/mol. The zero-order valence-electron chi connectivity index (χ0n) is 6.21. The standard InChI is InChI=1S/C7H8NO2P.BrH/c9-8(10)7(11)6-4-2-1-3-5-6;/h1-5,7H,11H2;1H. The quantitative estimate of drug-likeness (QED) is 0.459. The first kappa shape index (κ1) is 11.5. The van der Waals surface area contributed by atoms with Crippen molar-refractivity contribution in [3.8, 4) is 0 Å². The lowest BCUT2D eigenvalue weighted by Gasteiger charge is -2.01. The summed E-state index contributed by atoms with van der Waals surface area (Å²) >= 11 is 0. The summed E-state index contributed by atoms with van der Waals surface area (Å²) in [6, 6.07) is 8.88. The first-order chi connectivity index (χ1) is 5.22. The maximum absolute atomic E-state index is 10.3. The summed E-state index contributed by atoms with van der Waals surface area (Å²) in [7, 11) is 2.19. The Morgan fingerprint density at radius 3 is 2.25 bits per heavy atom. The molecule has 2 atom stereocenters. The summed E-state index contributed by atoms with van der Waals surface area (Å²) in [6.45, 7) is 0. The molecule has 0 N–H and O–H groups in total. The summed E-state index contributed by atoms with van der Waals surface area (Å²) in [5, 5.41) is 10.3. The molecule has 1 aromatic rings. The number of nitrogens with zero attached hydrogens (tertiary/aromatic N) is 1. The maximum atomic E-state index is 10.3. The van der Waals surface area contributed by atoms with Gasteiger partial charge < -0.3 is 0 Å². The SMILES string of the molecule is Br.O=[N+]([O-])C(P)c1ccccc1. The smallest absolute Gasteiger partial charge is 0.248 e. The van der Waals surface area contributed by atoms with E-state index in [1.54, 1.807) is 24.3 Å². The van der Waals surface area contributed by atoms with Crippen LogP contribution < -0.4 is 0 Å². The number of rotatable bonds is 2. The molecule has 0 spiro atoms.